The maximum absolute atomic E-state index is 12.9. The molecular weight excluding hydrogens is 382 g/mol. The van der Waals surface area contributed by atoms with Gasteiger partial charge in [-0.1, -0.05) is 18.2 Å². The molecule has 1 N–H and O–H groups in total. The summed E-state index contributed by atoms with van der Waals surface area (Å²) in [5.74, 6) is -0.182. The van der Waals surface area contributed by atoms with E-state index in [-0.39, 0.29) is 11.8 Å². The molecule has 3 aromatic rings. The van der Waals surface area contributed by atoms with Gasteiger partial charge in [0.15, 0.2) is 0 Å². The van der Waals surface area contributed by atoms with Gasteiger partial charge >= 0.3 is 0 Å². The average Bonchev–Trinajstić information content (AvgIpc) is 2.78. The van der Waals surface area contributed by atoms with E-state index in [0.29, 0.717) is 22.7 Å². The van der Waals surface area contributed by atoms with Gasteiger partial charge in [-0.15, -0.1) is 11.8 Å². The fraction of sp³-hybridized carbons (Fsp3) is 0.174. The van der Waals surface area contributed by atoms with Crippen molar-refractivity contribution in [2.45, 2.75) is 17.9 Å². The van der Waals surface area contributed by atoms with Crippen molar-refractivity contribution in [2.75, 3.05) is 23.0 Å². The third-order valence-corrected chi connectivity index (χ3v) is 5.64. The second kappa shape index (κ2) is 8.49. The van der Waals surface area contributed by atoms with Gasteiger partial charge in [0.2, 0.25) is 0 Å². The smallest absolute Gasteiger partial charge is 0.258 e. The van der Waals surface area contributed by atoms with Crippen molar-refractivity contribution >= 4 is 35.0 Å². The summed E-state index contributed by atoms with van der Waals surface area (Å²) in [4.78, 5) is 31.7. The SMILES string of the molecule is CSc1ncccc1C(=O)Nc1ccc2c(c1)CCCN2C(=O)c1ccccc1. The lowest BCUT2D eigenvalue weighted by atomic mass is 10.00. The van der Waals surface area contributed by atoms with E-state index < -0.39 is 0 Å². The van der Waals surface area contributed by atoms with Crippen LogP contribution in [0.15, 0.2) is 71.9 Å². The number of hydrogen-bond donors (Lipinski definition) is 1. The van der Waals surface area contributed by atoms with Gasteiger partial charge in [-0.05, 0) is 67.1 Å². The molecule has 2 heterocycles. The van der Waals surface area contributed by atoms with Gasteiger partial charge in [0.1, 0.15) is 5.03 Å². The summed E-state index contributed by atoms with van der Waals surface area (Å²) in [7, 11) is 0. The van der Waals surface area contributed by atoms with Crippen LogP contribution < -0.4 is 10.2 Å². The molecule has 4 rings (SSSR count). The quantitative estimate of drug-likeness (QED) is 0.644. The van der Waals surface area contributed by atoms with Gasteiger partial charge < -0.3 is 10.2 Å². The number of pyridine rings is 1. The van der Waals surface area contributed by atoms with E-state index in [1.807, 2.05) is 59.7 Å². The largest absolute Gasteiger partial charge is 0.322 e. The molecule has 29 heavy (non-hydrogen) atoms. The standard InChI is InChI=1S/C23H21N3O2S/c1-29-22-19(10-5-13-24-22)21(27)25-18-11-12-20-17(15-18)9-6-14-26(20)23(28)16-7-3-2-4-8-16/h2-5,7-8,10-13,15H,6,9,14H2,1H3,(H,25,27). The second-order valence-electron chi connectivity index (χ2n) is 6.78. The van der Waals surface area contributed by atoms with E-state index in [4.69, 9.17) is 0 Å². The topological polar surface area (TPSA) is 62.3 Å². The number of benzene rings is 2. The van der Waals surface area contributed by atoms with Crippen molar-refractivity contribution in [3.63, 3.8) is 0 Å². The van der Waals surface area contributed by atoms with Crippen LogP contribution in [0.4, 0.5) is 11.4 Å². The Labute approximate surface area is 174 Å². The zero-order valence-electron chi connectivity index (χ0n) is 16.1. The fourth-order valence-corrected chi connectivity index (χ4v) is 4.09. The molecule has 0 aliphatic carbocycles. The number of carbonyl (C=O) groups is 2. The van der Waals surface area contributed by atoms with Crippen molar-refractivity contribution in [3.05, 3.63) is 83.6 Å². The normalized spacial score (nSPS) is 12.9. The maximum Gasteiger partial charge on any atom is 0.258 e. The molecule has 1 aliphatic rings. The highest BCUT2D eigenvalue weighted by Gasteiger charge is 2.24. The van der Waals surface area contributed by atoms with Gasteiger partial charge in [-0.25, -0.2) is 4.98 Å². The van der Waals surface area contributed by atoms with E-state index in [1.165, 1.54) is 11.8 Å². The summed E-state index contributed by atoms with van der Waals surface area (Å²) in [5, 5.41) is 3.66. The molecule has 146 valence electrons. The number of aromatic nitrogens is 1. The van der Waals surface area contributed by atoms with E-state index in [9.17, 15) is 9.59 Å². The number of rotatable bonds is 4. The number of aryl methyl sites for hydroxylation is 1. The summed E-state index contributed by atoms with van der Waals surface area (Å²) in [6, 6.07) is 18.6. The Bertz CT molecular complexity index is 1050. The summed E-state index contributed by atoms with van der Waals surface area (Å²) in [6.07, 6.45) is 5.35. The van der Waals surface area contributed by atoms with Crippen LogP contribution in [0.1, 0.15) is 32.7 Å². The zero-order valence-corrected chi connectivity index (χ0v) is 16.9. The van der Waals surface area contributed by atoms with Gasteiger partial charge in [0.05, 0.1) is 5.56 Å². The van der Waals surface area contributed by atoms with E-state index in [2.05, 4.69) is 10.3 Å². The minimum atomic E-state index is -0.185. The van der Waals surface area contributed by atoms with E-state index in [1.54, 1.807) is 18.3 Å². The molecule has 0 atom stereocenters. The lowest BCUT2D eigenvalue weighted by Gasteiger charge is -2.30. The molecule has 5 nitrogen and oxygen atoms in total. The van der Waals surface area contributed by atoms with Crippen molar-refractivity contribution in [2.24, 2.45) is 0 Å². The first-order chi connectivity index (χ1) is 14.2. The molecule has 0 unspecified atom stereocenters. The van der Waals surface area contributed by atoms with Gasteiger partial charge in [0, 0.05) is 29.7 Å². The Hall–Kier alpha value is -3.12. The first kappa shape index (κ1) is 19.2. The summed E-state index contributed by atoms with van der Waals surface area (Å²) in [6.45, 7) is 0.694. The Balaban J connectivity index is 1.57. The van der Waals surface area contributed by atoms with Crippen molar-refractivity contribution in [3.8, 4) is 0 Å². The molecule has 6 heteroatoms. The van der Waals surface area contributed by atoms with Crippen LogP contribution in [0, 0.1) is 0 Å². The molecule has 0 saturated heterocycles. The Morgan fingerprint density at radius 1 is 1.07 bits per heavy atom. The predicted molar refractivity (Wildman–Crippen MR) is 117 cm³/mol. The summed E-state index contributed by atoms with van der Waals surface area (Å²) in [5.41, 5.74) is 3.93. The van der Waals surface area contributed by atoms with Gasteiger partial charge in [0.25, 0.3) is 11.8 Å². The van der Waals surface area contributed by atoms with Gasteiger partial charge in [-0.2, -0.15) is 0 Å². The van der Waals surface area contributed by atoms with E-state index in [0.717, 1.165) is 29.8 Å². The average molecular weight is 404 g/mol. The number of thioether (sulfide) groups is 1. The number of anilines is 2. The third-order valence-electron chi connectivity index (χ3n) is 4.93. The lowest BCUT2D eigenvalue weighted by Crippen LogP contribution is -2.35. The van der Waals surface area contributed by atoms with Crippen LogP contribution in [-0.2, 0) is 6.42 Å². The number of hydrogen-bond acceptors (Lipinski definition) is 4. The van der Waals surface area contributed by atoms with E-state index >= 15 is 0 Å². The molecule has 0 spiro atoms. The molecule has 1 aromatic heterocycles. The van der Waals surface area contributed by atoms with Crippen molar-refractivity contribution in [1.29, 1.82) is 0 Å². The second-order valence-corrected chi connectivity index (χ2v) is 7.58. The Kier molecular flexibility index (Phi) is 5.62. The number of nitrogens with one attached hydrogen (secondary N) is 1. The number of amides is 2. The van der Waals surface area contributed by atoms with Crippen LogP contribution in [0.3, 0.4) is 0 Å². The summed E-state index contributed by atoms with van der Waals surface area (Å²) < 4.78 is 0. The Morgan fingerprint density at radius 2 is 1.90 bits per heavy atom. The molecule has 0 fully saturated rings. The van der Waals surface area contributed by atoms with Gasteiger partial charge in [-0.3, -0.25) is 9.59 Å². The number of fused-ring (bicyclic) bond motifs is 1. The van der Waals surface area contributed by atoms with Crippen LogP contribution >= 0.6 is 11.8 Å². The molecular formula is C23H21N3O2S. The van der Waals surface area contributed by atoms with Crippen LogP contribution in [0.2, 0.25) is 0 Å². The van der Waals surface area contributed by atoms with Crippen LogP contribution in [-0.4, -0.2) is 29.6 Å². The molecule has 2 aromatic carbocycles. The first-order valence-corrected chi connectivity index (χ1v) is 10.7. The molecule has 0 radical (unpaired) electrons. The lowest BCUT2D eigenvalue weighted by molar-refractivity contribution is 0.0983. The molecule has 2 amide bonds. The predicted octanol–water partition coefficient (Wildman–Crippen LogP) is 4.65. The van der Waals surface area contributed by atoms with Crippen molar-refractivity contribution < 1.29 is 9.59 Å². The fourth-order valence-electron chi connectivity index (χ4n) is 3.55. The zero-order chi connectivity index (χ0) is 20.2. The highest BCUT2D eigenvalue weighted by molar-refractivity contribution is 7.98. The monoisotopic (exact) mass is 403 g/mol. The van der Waals surface area contributed by atoms with Crippen LogP contribution in [0.5, 0.6) is 0 Å². The number of carbonyl (C=O) groups excluding carboxylic acids is 2. The van der Waals surface area contributed by atoms with Crippen LogP contribution in [0.25, 0.3) is 0 Å². The number of nitrogens with zero attached hydrogens (tertiary/aromatic N) is 2. The minimum absolute atomic E-state index is 0.00306. The molecule has 0 bridgehead atoms. The Morgan fingerprint density at radius 3 is 2.69 bits per heavy atom. The summed E-state index contributed by atoms with van der Waals surface area (Å²) >= 11 is 1.44. The highest BCUT2D eigenvalue weighted by Crippen LogP contribution is 2.31. The first-order valence-electron chi connectivity index (χ1n) is 9.47. The highest BCUT2D eigenvalue weighted by atomic mass is 32.2. The van der Waals surface area contributed by atoms with Crippen molar-refractivity contribution in [1.82, 2.24) is 4.98 Å². The third kappa shape index (κ3) is 4.03. The molecule has 0 saturated carbocycles. The maximum atomic E-state index is 12.9. The minimum Gasteiger partial charge on any atom is -0.322 e. The molecule has 1 aliphatic heterocycles.